The highest BCUT2D eigenvalue weighted by Gasteiger charge is 2.15. The fraction of sp³-hybridized carbons (Fsp3) is 0.455. The van der Waals surface area contributed by atoms with Crippen molar-refractivity contribution in [3.63, 3.8) is 0 Å². The average Bonchev–Trinajstić information content (AvgIpc) is 2.18. The van der Waals surface area contributed by atoms with Crippen molar-refractivity contribution in [3.05, 3.63) is 34.1 Å². The second-order valence-corrected chi connectivity index (χ2v) is 4.69. The molecule has 0 radical (unpaired) electrons. The van der Waals surface area contributed by atoms with E-state index in [4.69, 9.17) is 5.73 Å². The van der Waals surface area contributed by atoms with Crippen LogP contribution in [0.2, 0.25) is 0 Å². The predicted octanol–water partition coefficient (Wildman–Crippen LogP) is 2.59. The highest BCUT2D eigenvalue weighted by atomic mass is 79.9. The Bertz CT molecular complexity index is 328. The Kier molecular flexibility index (Phi) is 4.70. The van der Waals surface area contributed by atoms with Crippen molar-refractivity contribution in [1.82, 2.24) is 5.32 Å². The van der Waals surface area contributed by atoms with Crippen LogP contribution in [0.15, 0.2) is 22.7 Å². The van der Waals surface area contributed by atoms with Crippen LogP contribution in [0.25, 0.3) is 0 Å². The monoisotopic (exact) mass is 274 g/mol. The van der Waals surface area contributed by atoms with Gasteiger partial charge in [-0.25, -0.2) is 4.39 Å². The van der Waals surface area contributed by atoms with E-state index in [9.17, 15) is 4.39 Å². The molecule has 0 heterocycles. The fourth-order valence-electron chi connectivity index (χ4n) is 1.47. The minimum absolute atomic E-state index is 0.137. The summed E-state index contributed by atoms with van der Waals surface area (Å²) < 4.78 is 14.4. The van der Waals surface area contributed by atoms with Gasteiger partial charge in [-0.2, -0.15) is 0 Å². The quantitative estimate of drug-likeness (QED) is 0.886. The number of rotatable bonds is 4. The molecule has 1 aromatic carbocycles. The molecule has 0 aliphatic rings. The van der Waals surface area contributed by atoms with Gasteiger partial charge in [0, 0.05) is 28.7 Å². The molecule has 0 fully saturated rings. The Labute approximate surface area is 98.2 Å². The van der Waals surface area contributed by atoms with Crippen molar-refractivity contribution in [2.75, 3.05) is 6.54 Å². The molecule has 0 saturated heterocycles. The molecule has 0 amide bonds. The molecule has 0 aliphatic carbocycles. The average molecular weight is 275 g/mol. The van der Waals surface area contributed by atoms with Crippen LogP contribution in [0.1, 0.15) is 25.5 Å². The van der Waals surface area contributed by atoms with Crippen molar-refractivity contribution in [2.24, 2.45) is 5.73 Å². The summed E-state index contributed by atoms with van der Waals surface area (Å²) in [7, 11) is 0. The van der Waals surface area contributed by atoms with Gasteiger partial charge in [0.1, 0.15) is 5.82 Å². The SMILES string of the molecule is CC(C)NC(CN)c1cc(Br)ccc1F. The van der Waals surface area contributed by atoms with E-state index in [0.717, 1.165) is 4.47 Å². The summed E-state index contributed by atoms with van der Waals surface area (Å²) in [5, 5.41) is 3.23. The predicted molar refractivity (Wildman–Crippen MR) is 64.2 cm³/mol. The lowest BCUT2D eigenvalue weighted by molar-refractivity contribution is 0.463. The molecule has 4 heteroatoms. The van der Waals surface area contributed by atoms with Gasteiger partial charge in [0.15, 0.2) is 0 Å². The second-order valence-electron chi connectivity index (χ2n) is 3.78. The van der Waals surface area contributed by atoms with Gasteiger partial charge in [0.25, 0.3) is 0 Å². The minimum Gasteiger partial charge on any atom is -0.329 e. The first kappa shape index (κ1) is 12.6. The third-order valence-electron chi connectivity index (χ3n) is 2.10. The van der Waals surface area contributed by atoms with Crippen LogP contribution < -0.4 is 11.1 Å². The van der Waals surface area contributed by atoms with E-state index in [1.54, 1.807) is 12.1 Å². The van der Waals surface area contributed by atoms with Crippen LogP contribution >= 0.6 is 15.9 Å². The Morgan fingerprint density at radius 3 is 2.67 bits per heavy atom. The molecule has 15 heavy (non-hydrogen) atoms. The third-order valence-corrected chi connectivity index (χ3v) is 2.60. The van der Waals surface area contributed by atoms with Gasteiger partial charge >= 0.3 is 0 Å². The first-order chi connectivity index (χ1) is 7.04. The van der Waals surface area contributed by atoms with Crippen molar-refractivity contribution >= 4 is 15.9 Å². The second kappa shape index (κ2) is 5.58. The van der Waals surface area contributed by atoms with Gasteiger partial charge in [-0.3, -0.25) is 0 Å². The Balaban J connectivity index is 2.95. The van der Waals surface area contributed by atoms with Crippen LogP contribution in [0, 0.1) is 5.82 Å². The zero-order valence-corrected chi connectivity index (χ0v) is 10.5. The minimum atomic E-state index is -0.221. The third kappa shape index (κ3) is 3.55. The van der Waals surface area contributed by atoms with Crippen LogP contribution in [-0.4, -0.2) is 12.6 Å². The Hall–Kier alpha value is -0.450. The number of halogens is 2. The van der Waals surface area contributed by atoms with E-state index in [1.165, 1.54) is 6.07 Å². The maximum Gasteiger partial charge on any atom is 0.128 e. The van der Waals surface area contributed by atoms with Crippen molar-refractivity contribution in [1.29, 1.82) is 0 Å². The van der Waals surface area contributed by atoms with Gasteiger partial charge in [-0.15, -0.1) is 0 Å². The lowest BCUT2D eigenvalue weighted by Gasteiger charge is -2.20. The van der Waals surface area contributed by atoms with Crippen LogP contribution in [0.4, 0.5) is 4.39 Å². The van der Waals surface area contributed by atoms with E-state index in [0.29, 0.717) is 12.1 Å². The van der Waals surface area contributed by atoms with Gasteiger partial charge in [-0.1, -0.05) is 29.8 Å². The van der Waals surface area contributed by atoms with Gasteiger partial charge in [0.05, 0.1) is 0 Å². The van der Waals surface area contributed by atoms with E-state index in [2.05, 4.69) is 21.2 Å². The molecule has 0 aromatic heterocycles. The topological polar surface area (TPSA) is 38.0 Å². The largest absolute Gasteiger partial charge is 0.329 e. The fourth-order valence-corrected chi connectivity index (χ4v) is 1.85. The van der Waals surface area contributed by atoms with Crippen molar-refractivity contribution in [2.45, 2.75) is 25.9 Å². The number of nitrogens with two attached hydrogens (primary N) is 1. The van der Waals surface area contributed by atoms with E-state index >= 15 is 0 Å². The molecule has 0 spiro atoms. The van der Waals surface area contributed by atoms with Crippen molar-refractivity contribution in [3.8, 4) is 0 Å². The molecule has 0 aliphatic heterocycles. The van der Waals surface area contributed by atoms with E-state index in [-0.39, 0.29) is 17.9 Å². The lowest BCUT2D eigenvalue weighted by atomic mass is 10.1. The first-order valence-electron chi connectivity index (χ1n) is 4.95. The summed E-state index contributed by atoms with van der Waals surface area (Å²) in [6.07, 6.45) is 0. The van der Waals surface area contributed by atoms with Crippen molar-refractivity contribution < 1.29 is 4.39 Å². The standard InChI is InChI=1S/C11H16BrFN2/c1-7(2)15-11(6-14)9-5-8(12)3-4-10(9)13/h3-5,7,11,15H,6,14H2,1-2H3. The molecular formula is C11H16BrFN2. The molecular weight excluding hydrogens is 259 g/mol. The van der Waals surface area contributed by atoms with Crippen LogP contribution in [-0.2, 0) is 0 Å². The number of hydrogen-bond donors (Lipinski definition) is 2. The zero-order chi connectivity index (χ0) is 11.4. The summed E-state index contributed by atoms with van der Waals surface area (Å²) in [4.78, 5) is 0. The molecule has 2 nitrogen and oxygen atoms in total. The summed E-state index contributed by atoms with van der Waals surface area (Å²) in [5.41, 5.74) is 6.24. The molecule has 0 bridgehead atoms. The number of benzene rings is 1. The Morgan fingerprint density at radius 1 is 1.47 bits per heavy atom. The van der Waals surface area contributed by atoms with Gasteiger partial charge < -0.3 is 11.1 Å². The first-order valence-corrected chi connectivity index (χ1v) is 5.75. The molecule has 1 rings (SSSR count). The zero-order valence-electron chi connectivity index (χ0n) is 8.93. The summed E-state index contributed by atoms with van der Waals surface area (Å²) >= 11 is 3.32. The van der Waals surface area contributed by atoms with Crippen LogP contribution in [0.3, 0.4) is 0 Å². The highest BCUT2D eigenvalue weighted by Crippen LogP contribution is 2.21. The van der Waals surface area contributed by atoms with Gasteiger partial charge in [-0.05, 0) is 18.2 Å². The molecule has 84 valence electrons. The molecule has 3 N–H and O–H groups in total. The molecule has 1 unspecified atom stereocenters. The van der Waals surface area contributed by atoms with E-state index < -0.39 is 0 Å². The molecule has 0 saturated carbocycles. The maximum absolute atomic E-state index is 13.5. The summed E-state index contributed by atoms with van der Waals surface area (Å²) in [6.45, 7) is 4.41. The normalized spacial score (nSPS) is 13.2. The Morgan fingerprint density at radius 2 is 2.13 bits per heavy atom. The summed E-state index contributed by atoms with van der Waals surface area (Å²) in [5.74, 6) is -0.221. The lowest BCUT2D eigenvalue weighted by Crippen LogP contribution is -2.33. The molecule has 1 aromatic rings. The van der Waals surface area contributed by atoms with E-state index in [1.807, 2.05) is 13.8 Å². The summed E-state index contributed by atoms with van der Waals surface area (Å²) in [6, 6.07) is 5.04. The smallest absolute Gasteiger partial charge is 0.128 e. The maximum atomic E-state index is 13.5. The highest BCUT2D eigenvalue weighted by molar-refractivity contribution is 9.10. The van der Waals surface area contributed by atoms with Crippen LogP contribution in [0.5, 0.6) is 0 Å². The number of nitrogens with one attached hydrogen (secondary N) is 1. The molecule has 1 atom stereocenters. The van der Waals surface area contributed by atoms with Gasteiger partial charge in [0.2, 0.25) is 0 Å². The number of hydrogen-bond acceptors (Lipinski definition) is 2.